The van der Waals surface area contributed by atoms with Crippen LogP contribution in [-0.2, 0) is 0 Å². The van der Waals surface area contributed by atoms with E-state index in [1.807, 2.05) is 0 Å². The first kappa shape index (κ1) is 9.74. The SMILES string of the molecule is CCC=CCCCC(C)C. The molecular formula is C10H20. The van der Waals surface area contributed by atoms with Gasteiger partial charge < -0.3 is 0 Å². The molecule has 0 saturated heterocycles. The van der Waals surface area contributed by atoms with E-state index in [0.717, 1.165) is 5.92 Å². The number of allylic oxidation sites excluding steroid dienone is 2. The molecule has 0 nitrogen and oxygen atoms in total. The molecule has 0 fully saturated rings. The van der Waals surface area contributed by atoms with Crippen molar-refractivity contribution in [3.05, 3.63) is 12.2 Å². The number of rotatable bonds is 5. The van der Waals surface area contributed by atoms with Gasteiger partial charge in [0.2, 0.25) is 0 Å². The third kappa shape index (κ3) is 7.74. The van der Waals surface area contributed by atoms with Crippen molar-refractivity contribution < 1.29 is 0 Å². The molecule has 0 unspecified atom stereocenters. The highest BCUT2D eigenvalue weighted by Gasteiger charge is 1.90. The van der Waals surface area contributed by atoms with Crippen molar-refractivity contribution in [2.75, 3.05) is 0 Å². The normalized spacial score (nSPS) is 11.6. The highest BCUT2D eigenvalue weighted by atomic mass is 14.0. The van der Waals surface area contributed by atoms with E-state index in [1.165, 1.54) is 25.7 Å². The highest BCUT2D eigenvalue weighted by molar-refractivity contribution is 4.79. The van der Waals surface area contributed by atoms with Crippen molar-refractivity contribution in [2.24, 2.45) is 5.92 Å². The Bertz CT molecular complexity index is 80.0. The fourth-order valence-corrected chi connectivity index (χ4v) is 0.928. The largest absolute Gasteiger partial charge is 0.0888 e. The van der Waals surface area contributed by atoms with Crippen LogP contribution in [0.4, 0.5) is 0 Å². The second kappa shape index (κ2) is 6.85. The lowest BCUT2D eigenvalue weighted by atomic mass is 10.1. The lowest BCUT2D eigenvalue weighted by Crippen LogP contribution is -1.84. The van der Waals surface area contributed by atoms with Crippen LogP contribution in [0.2, 0.25) is 0 Å². The third-order valence-electron chi connectivity index (χ3n) is 1.55. The second-order valence-electron chi connectivity index (χ2n) is 3.20. The summed E-state index contributed by atoms with van der Waals surface area (Å²) in [6.07, 6.45) is 9.72. The van der Waals surface area contributed by atoms with Gasteiger partial charge in [-0.3, -0.25) is 0 Å². The molecule has 0 rings (SSSR count). The summed E-state index contributed by atoms with van der Waals surface area (Å²) in [5.41, 5.74) is 0. The maximum atomic E-state index is 2.29. The maximum absolute atomic E-state index is 2.29. The standard InChI is InChI=1S/C10H20/c1-4-5-6-7-8-9-10(2)3/h5-6,10H,4,7-9H2,1-3H3. The summed E-state index contributed by atoms with van der Waals surface area (Å²) >= 11 is 0. The molecule has 0 aliphatic heterocycles. The monoisotopic (exact) mass is 140 g/mol. The van der Waals surface area contributed by atoms with Crippen molar-refractivity contribution in [1.29, 1.82) is 0 Å². The van der Waals surface area contributed by atoms with Crippen molar-refractivity contribution in [1.82, 2.24) is 0 Å². The van der Waals surface area contributed by atoms with Crippen LogP contribution in [0.15, 0.2) is 12.2 Å². The summed E-state index contributed by atoms with van der Waals surface area (Å²) in [6.45, 7) is 6.74. The first-order valence-electron chi connectivity index (χ1n) is 4.42. The third-order valence-corrected chi connectivity index (χ3v) is 1.55. The Kier molecular flexibility index (Phi) is 6.68. The maximum Gasteiger partial charge on any atom is -0.0351 e. The Labute approximate surface area is 65.3 Å². The highest BCUT2D eigenvalue weighted by Crippen LogP contribution is 2.06. The first-order chi connectivity index (χ1) is 4.77. The average molecular weight is 140 g/mol. The molecule has 0 aromatic heterocycles. The van der Waals surface area contributed by atoms with Crippen LogP contribution in [0.3, 0.4) is 0 Å². The van der Waals surface area contributed by atoms with Crippen LogP contribution in [0.1, 0.15) is 46.5 Å². The van der Waals surface area contributed by atoms with Gasteiger partial charge in [0.25, 0.3) is 0 Å². The van der Waals surface area contributed by atoms with Crippen LogP contribution in [0, 0.1) is 5.92 Å². The summed E-state index contributed by atoms with van der Waals surface area (Å²) < 4.78 is 0. The molecule has 60 valence electrons. The van der Waals surface area contributed by atoms with Gasteiger partial charge >= 0.3 is 0 Å². The number of hydrogen-bond donors (Lipinski definition) is 0. The zero-order valence-electron chi connectivity index (χ0n) is 7.56. The first-order valence-corrected chi connectivity index (χ1v) is 4.42. The minimum atomic E-state index is 0.870. The van der Waals surface area contributed by atoms with Crippen molar-refractivity contribution in [3.63, 3.8) is 0 Å². The molecule has 0 heteroatoms. The minimum absolute atomic E-state index is 0.870. The van der Waals surface area contributed by atoms with E-state index in [2.05, 4.69) is 32.9 Å². The Morgan fingerprint density at radius 3 is 2.40 bits per heavy atom. The molecule has 0 spiro atoms. The smallest absolute Gasteiger partial charge is 0.0351 e. The van der Waals surface area contributed by atoms with Gasteiger partial charge in [0, 0.05) is 0 Å². The van der Waals surface area contributed by atoms with Gasteiger partial charge in [-0.25, -0.2) is 0 Å². The zero-order chi connectivity index (χ0) is 7.82. The van der Waals surface area contributed by atoms with Crippen LogP contribution in [-0.4, -0.2) is 0 Å². The fourth-order valence-electron chi connectivity index (χ4n) is 0.928. The van der Waals surface area contributed by atoms with Gasteiger partial charge in [-0.15, -0.1) is 0 Å². The molecule has 0 N–H and O–H groups in total. The number of hydrogen-bond acceptors (Lipinski definition) is 0. The summed E-state index contributed by atoms with van der Waals surface area (Å²) in [5, 5.41) is 0. The molecule has 0 aromatic carbocycles. The van der Waals surface area contributed by atoms with Crippen LogP contribution >= 0.6 is 0 Å². The predicted molar refractivity (Wildman–Crippen MR) is 48.1 cm³/mol. The summed E-state index contributed by atoms with van der Waals surface area (Å²) in [6, 6.07) is 0. The molecule has 0 heterocycles. The molecule has 0 bridgehead atoms. The fraction of sp³-hybridized carbons (Fsp3) is 0.800. The summed E-state index contributed by atoms with van der Waals surface area (Å²) in [5.74, 6) is 0.870. The van der Waals surface area contributed by atoms with Gasteiger partial charge in [0.15, 0.2) is 0 Å². The molecule has 0 saturated carbocycles. The second-order valence-corrected chi connectivity index (χ2v) is 3.20. The van der Waals surface area contributed by atoms with E-state index in [0.29, 0.717) is 0 Å². The minimum Gasteiger partial charge on any atom is -0.0888 e. The van der Waals surface area contributed by atoms with E-state index < -0.39 is 0 Å². The van der Waals surface area contributed by atoms with Crippen LogP contribution < -0.4 is 0 Å². The van der Waals surface area contributed by atoms with Crippen LogP contribution in [0.5, 0.6) is 0 Å². The Morgan fingerprint density at radius 1 is 1.20 bits per heavy atom. The average Bonchev–Trinajstić information content (AvgIpc) is 1.87. The van der Waals surface area contributed by atoms with Gasteiger partial charge in [-0.05, 0) is 25.2 Å². The summed E-state index contributed by atoms with van der Waals surface area (Å²) in [7, 11) is 0. The van der Waals surface area contributed by atoms with Gasteiger partial charge in [-0.1, -0.05) is 39.3 Å². The molecule has 0 amide bonds. The van der Waals surface area contributed by atoms with Gasteiger partial charge in [0.05, 0.1) is 0 Å². The molecule has 0 radical (unpaired) electrons. The molecular weight excluding hydrogens is 120 g/mol. The van der Waals surface area contributed by atoms with Crippen molar-refractivity contribution in [3.8, 4) is 0 Å². The molecule has 0 aromatic rings. The molecule has 0 aliphatic rings. The lowest BCUT2D eigenvalue weighted by Gasteiger charge is -2.00. The van der Waals surface area contributed by atoms with Gasteiger partial charge in [-0.2, -0.15) is 0 Å². The summed E-state index contributed by atoms with van der Waals surface area (Å²) in [4.78, 5) is 0. The van der Waals surface area contributed by atoms with E-state index in [9.17, 15) is 0 Å². The zero-order valence-corrected chi connectivity index (χ0v) is 7.56. The Morgan fingerprint density at radius 2 is 1.90 bits per heavy atom. The Hall–Kier alpha value is -0.260. The molecule has 0 aliphatic carbocycles. The van der Waals surface area contributed by atoms with Crippen molar-refractivity contribution >= 4 is 0 Å². The van der Waals surface area contributed by atoms with E-state index in [4.69, 9.17) is 0 Å². The Balaban J connectivity index is 2.97. The van der Waals surface area contributed by atoms with Crippen molar-refractivity contribution in [2.45, 2.75) is 46.5 Å². The lowest BCUT2D eigenvalue weighted by molar-refractivity contribution is 0.559. The van der Waals surface area contributed by atoms with E-state index in [-0.39, 0.29) is 0 Å². The number of unbranched alkanes of at least 4 members (excludes halogenated alkanes) is 1. The predicted octanol–water partition coefficient (Wildman–Crippen LogP) is 3.78. The molecule has 0 atom stereocenters. The molecule has 10 heavy (non-hydrogen) atoms. The quantitative estimate of drug-likeness (QED) is 0.402. The van der Waals surface area contributed by atoms with Gasteiger partial charge in [0.1, 0.15) is 0 Å². The topological polar surface area (TPSA) is 0 Å². The van der Waals surface area contributed by atoms with E-state index >= 15 is 0 Å². The van der Waals surface area contributed by atoms with E-state index in [1.54, 1.807) is 0 Å². The van der Waals surface area contributed by atoms with Crippen LogP contribution in [0.25, 0.3) is 0 Å².